The quantitative estimate of drug-likeness (QED) is 0.685. The van der Waals surface area contributed by atoms with Crippen molar-refractivity contribution in [2.24, 2.45) is 0 Å². The molecule has 0 saturated carbocycles. The van der Waals surface area contributed by atoms with Gasteiger partial charge in [-0.3, -0.25) is 4.79 Å². The molecule has 0 fully saturated rings. The van der Waals surface area contributed by atoms with Gasteiger partial charge in [-0.1, -0.05) is 0 Å². The maximum absolute atomic E-state index is 11.5. The van der Waals surface area contributed by atoms with Crippen molar-refractivity contribution in [1.82, 2.24) is 20.6 Å². The van der Waals surface area contributed by atoms with E-state index in [0.717, 1.165) is 0 Å². The number of amides is 2. The van der Waals surface area contributed by atoms with E-state index in [2.05, 4.69) is 20.6 Å². The van der Waals surface area contributed by atoms with Gasteiger partial charge in [-0.15, -0.1) is 0 Å². The number of carbonyl (C=O) groups is 2. The average molecular weight is 252 g/mol. The molecule has 0 aliphatic carbocycles. The molecule has 1 rings (SSSR count). The summed E-state index contributed by atoms with van der Waals surface area (Å²) in [6.07, 6.45) is 3.44. The van der Waals surface area contributed by atoms with Gasteiger partial charge in [0, 0.05) is 18.7 Å². The number of aromatic nitrogens is 2. The van der Waals surface area contributed by atoms with E-state index in [1.165, 1.54) is 6.33 Å². The Kier molecular flexibility index (Phi) is 5.56. The van der Waals surface area contributed by atoms with Crippen LogP contribution in [0.3, 0.4) is 0 Å². The van der Waals surface area contributed by atoms with Crippen molar-refractivity contribution >= 4 is 12.0 Å². The topological polar surface area (TPSA) is 104 Å². The van der Waals surface area contributed by atoms with Gasteiger partial charge in [-0.2, -0.15) is 0 Å². The lowest BCUT2D eigenvalue weighted by molar-refractivity contribution is -0.137. The first-order valence-electron chi connectivity index (χ1n) is 5.59. The van der Waals surface area contributed by atoms with Crippen LogP contribution in [0.4, 0.5) is 4.79 Å². The van der Waals surface area contributed by atoms with Crippen molar-refractivity contribution in [2.75, 3.05) is 0 Å². The number of rotatable bonds is 6. The van der Waals surface area contributed by atoms with Crippen molar-refractivity contribution in [1.29, 1.82) is 0 Å². The van der Waals surface area contributed by atoms with Gasteiger partial charge in [0.25, 0.3) is 0 Å². The van der Waals surface area contributed by atoms with Crippen molar-refractivity contribution in [3.63, 3.8) is 0 Å². The summed E-state index contributed by atoms with van der Waals surface area (Å²) in [6.45, 7) is 2.06. The zero-order valence-electron chi connectivity index (χ0n) is 10.1. The van der Waals surface area contributed by atoms with Crippen LogP contribution < -0.4 is 10.6 Å². The Bertz CT molecular complexity index is 397. The lowest BCUT2D eigenvalue weighted by atomic mass is 10.2. The van der Waals surface area contributed by atoms with Gasteiger partial charge in [0.05, 0.1) is 12.2 Å². The lowest BCUT2D eigenvalue weighted by Crippen LogP contribution is -2.40. The molecular formula is C11H16N4O3. The molecule has 1 aromatic rings. The van der Waals surface area contributed by atoms with E-state index >= 15 is 0 Å². The molecule has 0 aromatic carbocycles. The molecule has 2 amide bonds. The van der Waals surface area contributed by atoms with Crippen LogP contribution in [-0.2, 0) is 11.3 Å². The van der Waals surface area contributed by atoms with Crippen LogP contribution in [0.1, 0.15) is 25.5 Å². The predicted molar refractivity (Wildman–Crippen MR) is 63.7 cm³/mol. The van der Waals surface area contributed by atoms with Gasteiger partial charge in [0.2, 0.25) is 0 Å². The first-order valence-corrected chi connectivity index (χ1v) is 5.59. The molecule has 0 saturated heterocycles. The smallest absolute Gasteiger partial charge is 0.315 e. The minimum Gasteiger partial charge on any atom is -0.481 e. The SMILES string of the molecule is CC(CCC(=O)O)NC(=O)NCc1ccncn1. The van der Waals surface area contributed by atoms with Gasteiger partial charge in [0.15, 0.2) is 0 Å². The van der Waals surface area contributed by atoms with E-state index in [9.17, 15) is 9.59 Å². The van der Waals surface area contributed by atoms with E-state index in [1.807, 2.05) is 0 Å². The van der Waals surface area contributed by atoms with E-state index < -0.39 is 5.97 Å². The molecule has 1 atom stereocenters. The first kappa shape index (κ1) is 13.9. The molecule has 1 aromatic heterocycles. The summed E-state index contributed by atoms with van der Waals surface area (Å²) < 4.78 is 0. The second-order valence-electron chi connectivity index (χ2n) is 3.86. The number of hydrogen-bond acceptors (Lipinski definition) is 4. The van der Waals surface area contributed by atoms with Crippen LogP contribution >= 0.6 is 0 Å². The molecular weight excluding hydrogens is 236 g/mol. The van der Waals surface area contributed by atoms with Gasteiger partial charge in [0.1, 0.15) is 6.33 Å². The fraction of sp³-hybridized carbons (Fsp3) is 0.455. The second kappa shape index (κ2) is 7.21. The van der Waals surface area contributed by atoms with Crippen LogP contribution in [0.15, 0.2) is 18.6 Å². The summed E-state index contributed by atoms with van der Waals surface area (Å²) >= 11 is 0. The third kappa shape index (κ3) is 5.78. The number of urea groups is 1. The standard InChI is InChI=1S/C11H16N4O3/c1-8(2-3-10(16)17)15-11(18)13-6-9-4-5-12-7-14-9/h4-5,7-8H,2-3,6H2,1H3,(H,16,17)(H2,13,15,18). The fourth-order valence-electron chi connectivity index (χ4n) is 1.28. The van der Waals surface area contributed by atoms with Gasteiger partial charge in [-0.25, -0.2) is 14.8 Å². The third-order valence-electron chi connectivity index (χ3n) is 2.24. The summed E-state index contributed by atoms with van der Waals surface area (Å²) in [5, 5.41) is 13.8. The van der Waals surface area contributed by atoms with Crippen LogP contribution in [0, 0.1) is 0 Å². The zero-order valence-corrected chi connectivity index (χ0v) is 10.1. The molecule has 1 unspecified atom stereocenters. The average Bonchev–Trinajstić information content (AvgIpc) is 2.35. The molecule has 0 aliphatic heterocycles. The number of aliphatic carboxylic acids is 1. The molecule has 0 spiro atoms. The number of nitrogens with one attached hydrogen (secondary N) is 2. The second-order valence-corrected chi connectivity index (χ2v) is 3.86. The first-order chi connectivity index (χ1) is 8.58. The van der Waals surface area contributed by atoms with E-state index in [-0.39, 0.29) is 18.5 Å². The number of carboxylic acids is 1. The molecule has 0 bridgehead atoms. The summed E-state index contributed by atoms with van der Waals surface area (Å²) in [5.74, 6) is -0.870. The van der Waals surface area contributed by atoms with Crippen LogP contribution in [0.5, 0.6) is 0 Å². The number of carboxylic acid groups (broad SMARTS) is 1. The van der Waals surface area contributed by atoms with Gasteiger partial charge in [-0.05, 0) is 19.4 Å². The molecule has 7 nitrogen and oxygen atoms in total. The Morgan fingerprint density at radius 3 is 2.89 bits per heavy atom. The highest BCUT2D eigenvalue weighted by Crippen LogP contribution is 1.96. The largest absolute Gasteiger partial charge is 0.481 e. The maximum Gasteiger partial charge on any atom is 0.315 e. The molecule has 0 radical (unpaired) electrons. The van der Waals surface area contributed by atoms with Crippen molar-refractivity contribution in [3.8, 4) is 0 Å². The van der Waals surface area contributed by atoms with Crippen LogP contribution in [0.2, 0.25) is 0 Å². The summed E-state index contributed by atoms with van der Waals surface area (Å²) in [7, 11) is 0. The molecule has 7 heteroatoms. The van der Waals surface area contributed by atoms with Crippen molar-refractivity contribution in [3.05, 3.63) is 24.3 Å². The lowest BCUT2D eigenvalue weighted by Gasteiger charge is -2.13. The minimum absolute atomic E-state index is 0.0351. The predicted octanol–water partition coefficient (Wildman–Crippen LogP) is 0.529. The zero-order chi connectivity index (χ0) is 13.4. The van der Waals surface area contributed by atoms with Gasteiger partial charge < -0.3 is 15.7 Å². The molecule has 0 aliphatic rings. The highest BCUT2D eigenvalue weighted by atomic mass is 16.4. The van der Waals surface area contributed by atoms with E-state index in [0.29, 0.717) is 18.7 Å². The fourth-order valence-corrected chi connectivity index (χ4v) is 1.28. The number of carbonyl (C=O) groups excluding carboxylic acids is 1. The maximum atomic E-state index is 11.5. The van der Waals surface area contributed by atoms with E-state index in [4.69, 9.17) is 5.11 Å². The van der Waals surface area contributed by atoms with Crippen molar-refractivity contribution in [2.45, 2.75) is 32.4 Å². The van der Waals surface area contributed by atoms with Crippen molar-refractivity contribution < 1.29 is 14.7 Å². The van der Waals surface area contributed by atoms with Crippen LogP contribution in [-0.4, -0.2) is 33.1 Å². The molecule has 98 valence electrons. The summed E-state index contributed by atoms with van der Waals surface area (Å²) in [6, 6.07) is 1.17. The molecule has 3 N–H and O–H groups in total. The summed E-state index contributed by atoms with van der Waals surface area (Å²) in [5.41, 5.74) is 0.707. The molecule has 1 heterocycles. The molecule has 18 heavy (non-hydrogen) atoms. The highest BCUT2D eigenvalue weighted by Gasteiger charge is 2.08. The Morgan fingerprint density at radius 2 is 2.28 bits per heavy atom. The monoisotopic (exact) mass is 252 g/mol. The Balaban J connectivity index is 2.23. The Hall–Kier alpha value is -2.18. The Labute approximate surface area is 105 Å². The van der Waals surface area contributed by atoms with Gasteiger partial charge >= 0.3 is 12.0 Å². The normalized spacial score (nSPS) is 11.6. The summed E-state index contributed by atoms with van der Waals surface area (Å²) in [4.78, 5) is 29.5. The van der Waals surface area contributed by atoms with Crippen LogP contribution in [0.25, 0.3) is 0 Å². The number of hydrogen-bond donors (Lipinski definition) is 3. The third-order valence-corrected chi connectivity index (χ3v) is 2.24. The number of nitrogens with zero attached hydrogens (tertiary/aromatic N) is 2. The Morgan fingerprint density at radius 1 is 1.50 bits per heavy atom. The highest BCUT2D eigenvalue weighted by molar-refractivity contribution is 5.74. The van der Waals surface area contributed by atoms with E-state index in [1.54, 1.807) is 19.2 Å². The minimum atomic E-state index is -0.870.